The number of aromatic nitrogens is 1. The summed E-state index contributed by atoms with van der Waals surface area (Å²) in [6.45, 7) is 1.80. The molecule has 22 heavy (non-hydrogen) atoms. The van der Waals surface area contributed by atoms with Crippen molar-refractivity contribution in [3.05, 3.63) is 51.1 Å². The monoisotopic (exact) mass is 315 g/mol. The molecule has 1 aromatic carbocycles. The average Bonchev–Trinajstić information content (AvgIpc) is 2.93. The van der Waals surface area contributed by atoms with E-state index in [1.165, 1.54) is 0 Å². The number of rotatable bonds is 3. The highest BCUT2D eigenvalue weighted by Crippen LogP contribution is 2.32. The molecular formula is C16H13NO4S. The number of aromatic carboxylic acids is 1. The van der Waals surface area contributed by atoms with Gasteiger partial charge in [-0.3, -0.25) is 4.79 Å². The zero-order valence-electron chi connectivity index (χ0n) is 11.7. The molecule has 0 radical (unpaired) electrons. The first-order chi connectivity index (χ1) is 10.5. The third kappa shape index (κ3) is 2.17. The molecule has 0 saturated carbocycles. The summed E-state index contributed by atoms with van der Waals surface area (Å²) < 4.78 is 1.12. The van der Waals surface area contributed by atoms with Gasteiger partial charge in [-0.1, -0.05) is 13.0 Å². The van der Waals surface area contributed by atoms with Gasteiger partial charge >= 0.3 is 5.97 Å². The van der Waals surface area contributed by atoms with Crippen LogP contribution in [0.15, 0.2) is 34.4 Å². The number of aromatic hydroxyl groups is 1. The number of nitrogens with one attached hydrogen (secondary N) is 1. The first kappa shape index (κ1) is 14.3. The number of fused-ring (bicyclic) bond motifs is 1. The second-order valence-corrected chi connectivity index (χ2v) is 5.81. The van der Waals surface area contributed by atoms with Gasteiger partial charge in [-0.15, -0.1) is 11.3 Å². The number of hydrogen-bond acceptors (Lipinski definition) is 4. The molecular weight excluding hydrogens is 302 g/mol. The Hall–Kier alpha value is -2.60. The third-order valence-corrected chi connectivity index (χ3v) is 4.50. The average molecular weight is 315 g/mol. The van der Waals surface area contributed by atoms with Crippen LogP contribution in [-0.4, -0.2) is 21.2 Å². The van der Waals surface area contributed by atoms with Crippen LogP contribution in [-0.2, 0) is 6.42 Å². The lowest BCUT2D eigenvalue weighted by atomic mass is 10.00. The summed E-state index contributed by atoms with van der Waals surface area (Å²) in [6, 6.07) is 7.67. The van der Waals surface area contributed by atoms with Crippen LogP contribution in [0.1, 0.15) is 22.8 Å². The maximum atomic E-state index is 12.0. The second kappa shape index (κ2) is 5.31. The molecule has 0 aliphatic rings. The van der Waals surface area contributed by atoms with Crippen LogP contribution in [0.25, 0.3) is 21.3 Å². The lowest BCUT2D eigenvalue weighted by molar-refractivity contribution is 0.0691. The molecule has 0 bridgehead atoms. The van der Waals surface area contributed by atoms with E-state index in [9.17, 15) is 14.7 Å². The fraction of sp³-hybridized carbons (Fsp3) is 0.125. The number of H-pyrrole nitrogens is 1. The predicted molar refractivity (Wildman–Crippen MR) is 85.9 cm³/mol. The van der Waals surface area contributed by atoms with Gasteiger partial charge in [0.15, 0.2) is 5.56 Å². The molecule has 6 heteroatoms. The van der Waals surface area contributed by atoms with Gasteiger partial charge in [0.2, 0.25) is 0 Å². The highest BCUT2D eigenvalue weighted by molar-refractivity contribution is 7.17. The van der Waals surface area contributed by atoms with Gasteiger partial charge in [0.1, 0.15) is 5.75 Å². The van der Waals surface area contributed by atoms with Gasteiger partial charge in [0.25, 0.3) is 5.56 Å². The number of hydrogen-bond donors (Lipinski definition) is 3. The summed E-state index contributed by atoms with van der Waals surface area (Å²) in [5.41, 5.74) is 0.210. The second-order valence-electron chi connectivity index (χ2n) is 4.86. The standard InChI is InChI=1S/C16H13NO4S/c1-2-10-13(17-15(19)12(14(10)18)16(20)21)9-3-4-11-8(7-9)5-6-22-11/h3-7H,2H2,1H3,(H,20,21)(H2,17,18,19). The molecule has 0 spiro atoms. The highest BCUT2D eigenvalue weighted by atomic mass is 32.1. The van der Waals surface area contributed by atoms with Crippen LogP contribution in [0.2, 0.25) is 0 Å². The Labute approximate surface area is 129 Å². The van der Waals surface area contributed by atoms with Crippen molar-refractivity contribution in [3.63, 3.8) is 0 Å². The predicted octanol–water partition coefficient (Wildman–Crippen LogP) is 3.22. The molecule has 0 amide bonds. The minimum Gasteiger partial charge on any atom is -0.506 e. The molecule has 3 N–H and O–H groups in total. The Kier molecular flexibility index (Phi) is 3.46. The zero-order valence-corrected chi connectivity index (χ0v) is 12.5. The molecule has 0 aliphatic carbocycles. The van der Waals surface area contributed by atoms with Gasteiger partial charge in [0, 0.05) is 10.3 Å². The largest absolute Gasteiger partial charge is 0.506 e. The van der Waals surface area contributed by atoms with E-state index in [1.807, 2.05) is 29.6 Å². The van der Waals surface area contributed by atoms with Crippen LogP contribution >= 0.6 is 11.3 Å². The van der Waals surface area contributed by atoms with Crippen molar-refractivity contribution >= 4 is 27.4 Å². The molecule has 112 valence electrons. The van der Waals surface area contributed by atoms with Crippen molar-refractivity contribution < 1.29 is 15.0 Å². The SMILES string of the molecule is CCc1c(-c2ccc3sccc3c2)[nH]c(=O)c(C(=O)O)c1O. The van der Waals surface area contributed by atoms with Gasteiger partial charge in [-0.2, -0.15) is 0 Å². The van der Waals surface area contributed by atoms with E-state index in [0.717, 1.165) is 15.6 Å². The minimum atomic E-state index is -1.44. The molecule has 3 rings (SSSR count). The number of carboxylic acid groups (broad SMARTS) is 1. The molecule has 5 nitrogen and oxygen atoms in total. The normalized spacial score (nSPS) is 11.0. The lowest BCUT2D eigenvalue weighted by Gasteiger charge is -2.12. The number of aromatic amines is 1. The van der Waals surface area contributed by atoms with Crippen molar-refractivity contribution in [1.82, 2.24) is 4.98 Å². The van der Waals surface area contributed by atoms with Crippen molar-refractivity contribution in [2.24, 2.45) is 0 Å². The third-order valence-electron chi connectivity index (χ3n) is 3.60. The van der Waals surface area contributed by atoms with E-state index >= 15 is 0 Å². The zero-order chi connectivity index (χ0) is 15.9. The summed E-state index contributed by atoms with van der Waals surface area (Å²) in [6.07, 6.45) is 0.403. The number of benzene rings is 1. The minimum absolute atomic E-state index is 0.403. The van der Waals surface area contributed by atoms with E-state index in [2.05, 4.69) is 4.98 Å². The summed E-state index contributed by atoms with van der Waals surface area (Å²) in [7, 11) is 0. The molecule has 2 aromatic heterocycles. The van der Waals surface area contributed by atoms with E-state index in [0.29, 0.717) is 17.7 Å². The smallest absolute Gasteiger partial charge is 0.345 e. The molecule has 0 aliphatic heterocycles. The lowest BCUT2D eigenvalue weighted by Crippen LogP contribution is -2.20. The Morgan fingerprint density at radius 2 is 2.09 bits per heavy atom. The maximum absolute atomic E-state index is 12.0. The number of pyridine rings is 1. The molecule has 2 heterocycles. The van der Waals surface area contributed by atoms with Crippen LogP contribution < -0.4 is 5.56 Å². The number of thiophene rings is 1. The highest BCUT2D eigenvalue weighted by Gasteiger charge is 2.21. The topological polar surface area (TPSA) is 90.4 Å². The molecule has 0 fully saturated rings. The van der Waals surface area contributed by atoms with Gasteiger partial charge < -0.3 is 15.2 Å². The van der Waals surface area contributed by atoms with E-state index in [-0.39, 0.29) is 0 Å². The summed E-state index contributed by atoms with van der Waals surface area (Å²) in [4.78, 5) is 25.7. The fourth-order valence-corrected chi connectivity index (χ4v) is 3.31. The van der Waals surface area contributed by atoms with Crippen LogP contribution in [0.4, 0.5) is 0 Å². The molecule has 3 aromatic rings. The van der Waals surface area contributed by atoms with Gasteiger partial charge in [0.05, 0.1) is 5.69 Å². The fourth-order valence-electron chi connectivity index (χ4n) is 2.54. The summed E-state index contributed by atoms with van der Waals surface area (Å²) in [5.74, 6) is -1.90. The Balaban J connectivity index is 2.30. The molecule has 0 saturated heterocycles. The Morgan fingerprint density at radius 1 is 1.32 bits per heavy atom. The van der Waals surface area contributed by atoms with E-state index in [1.54, 1.807) is 18.3 Å². The summed E-state index contributed by atoms with van der Waals surface area (Å²) >= 11 is 1.61. The Morgan fingerprint density at radius 3 is 2.77 bits per heavy atom. The number of carbonyl (C=O) groups is 1. The molecule has 0 unspecified atom stereocenters. The van der Waals surface area contributed by atoms with E-state index in [4.69, 9.17) is 5.11 Å². The summed E-state index contributed by atoms with van der Waals surface area (Å²) in [5, 5.41) is 22.2. The van der Waals surface area contributed by atoms with Gasteiger partial charge in [-0.05, 0) is 40.9 Å². The van der Waals surface area contributed by atoms with Crippen molar-refractivity contribution in [1.29, 1.82) is 0 Å². The van der Waals surface area contributed by atoms with Crippen LogP contribution in [0.5, 0.6) is 5.75 Å². The first-order valence-corrected chi connectivity index (χ1v) is 7.60. The van der Waals surface area contributed by atoms with Gasteiger partial charge in [-0.25, -0.2) is 4.79 Å². The molecule has 0 atom stereocenters. The van der Waals surface area contributed by atoms with E-state index < -0.39 is 22.8 Å². The van der Waals surface area contributed by atoms with Crippen LogP contribution in [0, 0.1) is 0 Å². The van der Waals surface area contributed by atoms with Crippen LogP contribution in [0.3, 0.4) is 0 Å². The number of carboxylic acids is 1. The quantitative estimate of drug-likeness (QED) is 0.692. The first-order valence-electron chi connectivity index (χ1n) is 6.72. The Bertz CT molecular complexity index is 939. The van der Waals surface area contributed by atoms with Crippen molar-refractivity contribution in [3.8, 4) is 17.0 Å². The van der Waals surface area contributed by atoms with Crippen molar-refractivity contribution in [2.45, 2.75) is 13.3 Å². The van der Waals surface area contributed by atoms with Crippen molar-refractivity contribution in [2.75, 3.05) is 0 Å². The maximum Gasteiger partial charge on any atom is 0.345 e.